The van der Waals surface area contributed by atoms with Crippen LogP contribution in [0.1, 0.15) is 16.6 Å². The second kappa shape index (κ2) is 6.76. The Kier molecular flexibility index (Phi) is 5.88. The molecule has 0 saturated carbocycles. The largest absolute Gasteiger partial charge is 0.467 e. The predicted octanol–water partition coefficient (Wildman–Crippen LogP) is 3.27. The molecular weight excluding hydrogens is 337 g/mol. The van der Waals surface area contributed by atoms with Gasteiger partial charge in [-0.05, 0) is 6.92 Å². The molecule has 1 unspecified atom stereocenters. The van der Waals surface area contributed by atoms with Crippen molar-refractivity contribution in [1.29, 1.82) is 0 Å². The minimum Gasteiger partial charge on any atom is -0.467 e. The van der Waals surface area contributed by atoms with E-state index in [1.165, 1.54) is 21.1 Å². The number of ether oxygens (including phenoxy) is 1. The number of nitrogens with zero attached hydrogens (tertiary/aromatic N) is 1. The lowest BCUT2D eigenvalue weighted by atomic mass is 10.3. The zero-order valence-corrected chi connectivity index (χ0v) is 13.3. The SMILES string of the molecule is COC(=O)C(C)N(OC)C(=O)c1sc(Cl)c(Cl)c1Cl. The Morgan fingerprint density at radius 3 is 2.16 bits per heavy atom. The molecule has 1 aromatic rings. The number of amides is 1. The van der Waals surface area contributed by atoms with Gasteiger partial charge < -0.3 is 4.74 Å². The summed E-state index contributed by atoms with van der Waals surface area (Å²) in [5.74, 6) is -1.25. The Bertz CT molecular complexity index is 505. The van der Waals surface area contributed by atoms with E-state index in [-0.39, 0.29) is 19.3 Å². The van der Waals surface area contributed by atoms with Gasteiger partial charge in [0.05, 0.1) is 24.3 Å². The number of rotatable bonds is 4. The number of hydrogen-bond donors (Lipinski definition) is 0. The van der Waals surface area contributed by atoms with E-state index in [9.17, 15) is 9.59 Å². The molecule has 0 saturated heterocycles. The molecule has 1 heterocycles. The number of carbonyl (C=O) groups excluding carboxylic acids is 2. The molecule has 0 aliphatic carbocycles. The molecule has 0 aliphatic heterocycles. The van der Waals surface area contributed by atoms with Crippen LogP contribution in [0, 0.1) is 0 Å². The van der Waals surface area contributed by atoms with Crippen molar-refractivity contribution in [2.75, 3.05) is 14.2 Å². The summed E-state index contributed by atoms with van der Waals surface area (Å²) in [5, 5.41) is 0.968. The monoisotopic (exact) mass is 345 g/mol. The van der Waals surface area contributed by atoms with Crippen LogP contribution in [0.25, 0.3) is 0 Å². The summed E-state index contributed by atoms with van der Waals surface area (Å²) in [6.45, 7) is 1.46. The van der Waals surface area contributed by atoms with Crippen molar-refractivity contribution in [1.82, 2.24) is 5.06 Å². The van der Waals surface area contributed by atoms with Gasteiger partial charge in [0, 0.05) is 0 Å². The molecule has 1 aromatic heterocycles. The van der Waals surface area contributed by atoms with Crippen LogP contribution in [0.5, 0.6) is 0 Å². The standard InChI is InChI=1S/C10H10Cl3NO4S/c1-4(10(16)17-2)14(18-3)9(15)7-5(11)6(12)8(13)19-7/h4H,1-3H3. The van der Waals surface area contributed by atoms with Gasteiger partial charge in [-0.3, -0.25) is 9.63 Å². The van der Waals surface area contributed by atoms with Crippen molar-refractivity contribution >= 4 is 58.0 Å². The van der Waals surface area contributed by atoms with Crippen LogP contribution < -0.4 is 0 Å². The van der Waals surface area contributed by atoms with Crippen LogP contribution in [0.2, 0.25) is 14.4 Å². The van der Waals surface area contributed by atoms with Crippen LogP contribution >= 0.6 is 46.1 Å². The van der Waals surface area contributed by atoms with Crippen LogP contribution in [-0.2, 0) is 14.4 Å². The first kappa shape index (κ1) is 16.5. The number of carbonyl (C=O) groups is 2. The van der Waals surface area contributed by atoms with Crippen molar-refractivity contribution in [2.24, 2.45) is 0 Å². The summed E-state index contributed by atoms with van der Waals surface area (Å²) in [6, 6.07) is -0.932. The van der Waals surface area contributed by atoms with Crippen LogP contribution in [0.3, 0.4) is 0 Å². The van der Waals surface area contributed by atoms with Gasteiger partial charge in [0.1, 0.15) is 9.21 Å². The van der Waals surface area contributed by atoms with Crippen LogP contribution in [0.15, 0.2) is 0 Å². The molecule has 106 valence electrons. The molecule has 9 heteroatoms. The van der Waals surface area contributed by atoms with Gasteiger partial charge in [0.2, 0.25) is 0 Å². The lowest BCUT2D eigenvalue weighted by molar-refractivity contribution is -0.166. The highest BCUT2D eigenvalue weighted by atomic mass is 35.5. The molecule has 0 bridgehead atoms. The van der Waals surface area contributed by atoms with Crippen molar-refractivity contribution < 1.29 is 19.2 Å². The number of thiophene rings is 1. The van der Waals surface area contributed by atoms with E-state index in [0.717, 1.165) is 16.4 Å². The molecule has 0 N–H and O–H groups in total. The van der Waals surface area contributed by atoms with Crippen molar-refractivity contribution in [3.63, 3.8) is 0 Å². The maximum absolute atomic E-state index is 12.2. The number of hydrogen-bond acceptors (Lipinski definition) is 5. The highest BCUT2D eigenvalue weighted by Gasteiger charge is 2.31. The third kappa shape index (κ3) is 3.32. The molecule has 0 spiro atoms. The summed E-state index contributed by atoms with van der Waals surface area (Å²) >= 11 is 18.4. The molecule has 0 aliphatic rings. The van der Waals surface area contributed by atoms with Gasteiger partial charge in [-0.15, -0.1) is 11.3 Å². The molecule has 1 rings (SSSR count). The van der Waals surface area contributed by atoms with E-state index >= 15 is 0 Å². The van der Waals surface area contributed by atoms with Crippen molar-refractivity contribution in [3.8, 4) is 0 Å². The normalized spacial score (nSPS) is 12.1. The smallest absolute Gasteiger partial charge is 0.330 e. The lowest BCUT2D eigenvalue weighted by Crippen LogP contribution is -2.42. The molecular formula is C10H10Cl3NO4S. The number of halogens is 3. The molecule has 0 radical (unpaired) electrons. The maximum Gasteiger partial charge on any atom is 0.330 e. The highest BCUT2D eigenvalue weighted by molar-refractivity contribution is 7.19. The lowest BCUT2D eigenvalue weighted by Gasteiger charge is -2.24. The van der Waals surface area contributed by atoms with Gasteiger partial charge in [0.25, 0.3) is 5.91 Å². The molecule has 5 nitrogen and oxygen atoms in total. The van der Waals surface area contributed by atoms with Gasteiger partial charge >= 0.3 is 5.97 Å². The summed E-state index contributed by atoms with van der Waals surface area (Å²) in [4.78, 5) is 28.6. The Hall–Kier alpha value is -0.530. The predicted molar refractivity (Wildman–Crippen MR) is 74.0 cm³/mol. The Balaban J connectivity index is 3.08. The molecule has 0 aromatic carbocycles. The summed E-state index contributed by atoms with van der Waals surface area (Å²) in [5.41, 5.74) is 0. The zero-order chi connectivity index (χ0) is 14.7. The zero-order valence-electron chi connectivity index (χ0n) is 10.2. The highest BCUT2D eigenvalue weighted by Crippen LogP contribution is 2.41. The van der Waals surface area contributed by atoms with E-state index in [1.54, 1.807) is 0 Å². The molecule has 1 amide bonds. The first-order valence-corrected chi connectivity index (χ1v) is 6.88. The second-order valence-electron chi connectivity index (χ2n) is 3.35. The second-order valence-corrected chi connectivity index (χ2v) is 5.72. The Labute approximate surface area is 128 Å². The summed E-state index contributed by atoms with van der Waals surface area (Å²) in [7, 11) is 2.46. The fourth-order valence-electron chi connectivity index (χ4n) is 1.29. The average Bonchev–Trinajstić information content (AvgIpc) is 2.66. The van der Waals surface area contributed by atoms with Crippen molar-refractivity contribution in [3.05, 3.63) is 19.3 Å². The van der Waals surface area contributed by atoms with E-state index in [0.29, 0.717) is 0 Å². The van der Waals surface area contributed by atoms with Gasteiger partial charge in [-0.25, -0.2) is 9.86 Å². The molecule has 0 fully saturated rings. The van der Waals surface area contributed by atoms with E-state index in [2.05, 4.69) is 4.74 Å². The third-order valence-electron chi connectivity index (χ3n) is 2.24. The van der Waals surface area contributed by atoms with Gasteiger partial charge in [-0.1, -0.05) is 34.8 Å². The van der Waals surface area contributed by atoms with Gasteiger partial charge in [0.15, 0.2) is 6.04 Å². The maximum atomic E-state index is 12.2. The quantitative estimate of drug-likeness (QED) is 0.620. The fourth-order valence-corrected chi connectivity index (χ4v) is 3.01. The van der Waals surface area contributed by atoms with E-state index < -0.39 is 17.9 Å². The van der Waals surface area contributed by atoms with Crippen LogP contribution in [0.4, 0.5) is 0 Å². The van der Waals surface area contributed by atoms with Crippen molar-refractivity contribution in [2.45, 2.75) is 13.0 Å². The Morgan fingerprint density at radius 1 is 1.21 bits per heavy atom. The number of methoxy groups -OCH3 is 1. The Morgan fingerprint density at radius 2 is 1.79 bits per heavy atom. The van der Waals surface area contributed by atoms with E-state index in [4.69, 9.17) is 39.6 Å². The minimum atomic E-state index is -0.932. The van der Waals surface area contributed by atoms with Crippen LogP contribution in [-0.4, -0.2) is 37.2 Å². The van der Waals surface area contributed by atoms with Gasteiger partial charge in [-0.2, -0.15) is 0 Å². The summed E-state index contributed by atoms with van der Waals surface area (Å²) < 4.78 is 4.74. The fraction of sp³-hybridized carbons (Fsp3) is 0.400. The minimum absolute atomic E-state index is 0.0285. The number of hydroxylamine groups is 2. The first-order chi connectivity index (χ1) is 8.84. The van der Waals surface area contributed by atoms with E-state index in [1.807, 2.05) is 0 Å². The first-order valence-electron chi connectivity index (χ1n) is 4.93. The third-order valence-corrected chi connectivity index (χ3v) is 4.80. The topological polar surface area (TPSA) is 55.8 Å². The average molecular weight is 347 g/mol. The number of esters is 1. The molecule has 19 heavy (non-hydrogen) atoms. The summed E-state index contributed by atoms with van der Waals surface area (Å²) in [6.07, 6.45) is 0. The molecule has 1 atom stereocenters.